The minimum Gasteiger partial charge on any atom is -0.490 e. The van der Waals surface area contributed by atoms with E-state index in [2.05, 4.69) is 0 Å². The fourth-order valence-electron chi connectivity index (χ4n) is 1.67. The molecule has 1 atom stereocenters. The second kappa shape index (κ2) is 5.42. The minimum absolute atomic E-state index is 0.0194. The van der Waals surface area contributed by atoms with Crippen LogP contribution in [0.2, 0.25) is 0 Å². The van der Waals surface area contributed by atoms with E-state index in [1.54, 1.807) is 0 Å². The zero-order valence-corrected chi connectivity index (χ0v) is 11.0. The van der Waals surface area contributed by atoms with E-state index < -0.39 is 14.9 Å². The largest absolute Gasteiger partial charge is 0.490 e. The maximum Gasteiger partial charge on any atom is 0.261 e. The molecule has 100 valence electrons. The van der Waals surface area contributed by atoms with Crippen molar-refractivity contribution in [3.8, 4) is 5.75 Å². The van der Waals surface area contributed by atoms with Crippen LogP contribution in [0.25, 0.3) is 0 Å². The van der Waals surface area contributed by atoms with Gasteiger partial charge in [0.15, 0.2) is 11.6 Å². The Kier molecular flexibility index (Phi) is 4.09. The summed E-state index contributed by atoms with van der Waals surface area (Å²) in [6.45, 7) is 1.65. The van der Waals surface area contributed by atoms with E-state index in [4.69, 9.17) is 20.2 Å². The summed E-state index contributed by atoms with van der Waals surface area (Å²) < 4.78 is 46.0. The average molecular weight is 295 g/mol. The molecule has 0 aliphatic carbocycles. The maximum absolute atomic E-state index is 13.6. The summed E-state index contributed by atoms with van der Waals surface area (Å²) in [6, 6.07) is 3.33. The van der Waals surface area contributed by atoms with Crippen LogP contribution >= 0.6 is 10.7 Å². The van der Waals surface area contributed by atoms with Gasteiger partial charge in [-0.15, -0.1) is 0 Å². The third kappa shape index (κ3) is 3.34. The van der Waals surface area contributed by atoms with E-state index in [1.807, 2.05) is 0 Å². The SMILES string of the molecule is O=S(=O)(Cl)c1ccc(OC[C@@H]2CCOC2)c(F)c1. The molecule has 18 heavy (non-hydrogen) atoms. The van der Waals surface area contributed by atoms with Crippen LogP contribution in [-0.2, 0) is 13.8 Å². The van der Waals surface area contributed by atoms with Crippen molar-refractivity contribution in [2.24, 2.45) is 5.92 Å². The molecule has 1 aromatic rings. The Morgan fingerprint density at radius 2 is 2.28 bits per heavy atom. The predicted molar refractivity (Wildman–Crippen MR) is 63.9 cm³/mol. The van der Waals surface area contributed by atoms with Crippen molar-refractivity contribution in [1.82, 2.24) is 0 Å². The zero-order valence-electron chi connectivity index (χ0n) is 9.43. The van der Waals surface area contributed by atoms with Crippen molar-refractivity contribution >= 4 is 19.7 Å². The minimum atomic E-state index is -3.92. The summed E-state index contributed by atoms with van der Waals surface area (Å²) >= 11 is 0. The molecule has 0 radical (unpaired) electrons. The molecular formula is C11H12ClFO4S. The van der Waals surface area contributed by atoms with Crippen molar-refractivity contribution in [3.63, 3.8) is 0 Å². The Hall–Kier alpha value is -0.850. The molecule has 0 N–H and O–H groups in total. The van der Waals surface area contributed by atoms with Crippen LogP contribution in [0, 0.1) is 11.7 Å². The van der Waals surface area contributed by atoms with Gasteiger partial charge in [0.2, 0.25) is 0 Å². The summed E-state index contributed by atoms with van der Waals surface area (Å²) in [4.78, 5) is -0.279. The van der Waals surface area contributed by atoms with Crippen LogP contribution in [-0.4, -0.2) is 28.2 Å². The number of rotatable bonds is 4. The van der Waals surface area contributed by atoms with Gasteiger partial charge in [0.25, 0.3) is 9.05 Å². The molecule has 0 bridgehead atoms. The molecule has 0 spiro atoms. The highest BCUT2D eigenvalue weighted by Gasteiger charge is 2.18. The average Bonchev–Trinajstić information content (AvgIpc) is 2.79. The quantitative estimate of drug-likeness (QED) is 0.799. The lowest BCUT2D eigenvalue weighted by atomic mass is 10.1. The molecule has 0 unspecified atom stereocenters. The van der Waals surface area contributed by atoms with Gasteiger partial charge in [-0.1, -0.05) is 0 Å². The van der Waals surface area contributed by atoms with Gasteiger partial charge in [0, 0.05) is 23.2 Å². The molecule has 1 fully saturated rings. The first-order valence-corrected chi connectivity index (χ1v) is 7.72. The van der Waals surface area contributed by atoms with Crippen LogP contribution < -0.4 is 4.74 Å². The smallest absolute Gasteiger partial charge is 0.261 e. The van der Waals surface area contributed by atoms with E-state index >= 15 is 0 Å². The van der Waals surface area contributed by atoms with Crippen LogP contribution in [0.4, 0.5) is 4.39 Å². The highest BCUT2D eigenvalue weighted by molar-refractivity contribution is 8.13. The summed E-state index contributed by atoms with van der Waals surface area (Å²) in [5.41, 5.74) is 0. The lowest BCUT2D eigenvalue weighted by Crippen LogP contribution is -2.12. The second-order valence-corrected chi connectivity index (χ2v) is 6.64. The first-order valence-electron chi connectivity index (χ1n) is 5.41. The van der Waals surface area contributed by atoms with Gasteiger partial charge in [-0.3, -0.25) is 0 Å². The van der Waals surface area contributed by atoms with E-state index in [0.717, 1.165) is 12.5 Å². The third-order valence-electron chi connectivity index (χ3n) is 2.68. The molecule has 0 aromatic heterocycles. The molecule has 1 saturated heterocycles. The van der Waals surface area contributed by atoms with Crippen LogP contribution in [0.15, 0.2) is 23.1 Å². The van der Waals surface area contributed by atoms with Gasteiger partial charge in [0.05, 0.1) is 18.1 Å². The lowest BCUT2D eigenvalue weighted by molar-refractivity contribution is 0.165. The molecule has 7 heteroatoms. The van der Waals surface area contributed by atoms with Crippen LogP contribution in [0.1, 0.15) is 6.42 Å². The molecule has 0 amide bonds. The van der Waals surface area contributed by atoms with Gasteiger partial charge in [0.1, 0.15) is 0 Å². The summed E-state index contributed by atoms with van der Waals surface area (Å²) in [5.74, 6) is -0.470. The number of ether oxygens (including phenoxy) is 2. The fourth-order valence-corrected chi connectivity index (χ4v) is 2.44. The molecule has 4 nitrogen and oxygen atoms in total. The van der Waals surface area contributed by atoms with Crippen LogP contribution in [0.5, 0.6) is 5.75 Å². The Morgan fingerprint density at radius 3 is 2.83 bits per heavy atom. The molecule has 1 aliphatic heterocycles. The Morgan fingerprint density at radius 1 is 1.50 bits per heavy atom. The highest BCUT2D eigenvalue weighted by atomic mass is 35.7. The zero-order chi connectivity index (χ0) is 13.2. The topological polar surface area (TPSA) is 52.6 Å². The molecular weight excluding hydrogens is 283 g/mol. The molecule has 1 aromatic carbocycles. The Balaban J connectivity index is 2.05. The number of benzene rings is 1. The van der Waals surface area contributed by atoms with Gasteiger partial charge >= 0.3 is 0 Å². The van der Waals surface area contributed by atoms with E-state index in [-0.39, 0.29) is 16.6 Å². The van der Waals surface area contributed by atoms with E-state index in [1.165, 1.54) is 12.1 Å². The van der Waals surface area contributed by atoms with Gasteiger partial charge in [-0.2, -0.15) is 0 Å². The second-order valence-electron chi connectivity index (χ2n) is 4.07. The van der Waals surface area contributed by atoms with E-state index in [0.29, 0.717) is 19.8 Å². The van der Waals surface area contributed by atoms with Crippen molar-refractivity contribution < 1.29 is 22.3 Å². The molecule has 1 aliphatic rings. The monoisotopic (exact) mass is 294 g/mol. The highest BCUT2D eigenvalue weighted by Crippen LogP contribution is 2.24. The van der Waals surface area contributed by atoms with E-state index in [9.17, 15) is 12.8 Å². The molecule has 2 rings (SSSR count). The van der Waals surface area contributed by atoms with Crippen molar-refractivity contribution in [3.05, 3.63) is 24.0 Å². The normalized spacial score (nSPS) is 20.0. The molecule has 0 saturated carbocycles. The number of halogens is 2. The Bertz CT molecular complexity index is 526. The molecule has 1 heterocycles. The van der Waals surface area contributed by atoms with Crippen LogP contribution in [0.3, 0.4) is 0 Å². The standard InChI is InChI=1S/C11H12ClFO4S/c12-18(14,15)9-1-2-11(10(13)5-9)17-7-8-3-4-16-6-8/h1-2,5,8H,3-4,6-7H2/t8-/m1/s1. The van der Waals surface area contributed by atoms with Gasteiger partial charge in [-0.25, -0.2) is 12.8 Å². The first-order chi connectivity index (χ1) is 8.47. The number of hydrogen-bond donors (Lipinski definition) is 0. The number of hydrogen-bond acceptors (Lipinski definition) is 4. The van der Waals surface area contributed by atoms with Crippen molar-refractivity contribution in [2.75, 3.05) is 19.8 Å². The first kappa shape index (κ1) is 13.6. The van der Waals surface area contributed by atoms with Gasteiger partial charge in [-0.05, 0) is 24.6 Å². The lowest BCUT2D eigenvalue weighted by Gasteiger charge is -2.11. The maximum atomic E-state index is 13.6. The van der Waals surface area contributed by atoms with Gasteiger partial charge < -0.3 is 9.47 Å². The van der Waals surface area contributed by atoms with Crippen molar-refractivity contribution in [1.29, 1.82) is 0 Å². The Labute approximate surface area is 109 Å². The predicted octanol–water partition coefficient (Wildman–Crippen LogP) is 2.17. The third-order valence-corrected chi connectivity index (χ3v) is 4.03. The summed E-state index contributed by atoms with van der Waals surface area (Å²) in [7, 11) is 1.20. The summed E-state index contributed by atoms with van der Waals surface area (Å²) in [5, 5.41) is 0. The fraction of sp³-hybridized carbons (Fsp3) is 0.455. The van der Waals surface area contributed by atoms with Crippen molar-refractivity contribution in [2.45, 2.75) is 11.3 Å². The summed E-state index contributed by atoms with van der Waals surface area (Å²) in [6.07, 6.45) is 0.885.